The SMILES string of the molecule is O=C(C1CCCC1)N1CCN(c2ccc(N3CCCC3)nn2)CC1. The highest BCUT2D eigenvalue weighted by atomic mass is 16.2. The molecule has 2 saturated heterocycles. The molecular weight excluding hydrogens is 302 g/mol. The number of carbonyl (C=O) groups excluding carboxylic acids is 1. The first-order valence-electron chi connectivity index (χ1n) is 9.44. The van der Waals surface area contributed by atoms with Crippen LogP contribution in [0.4, 0.5) is 11.6 Å². The van der Waals surface area contributed by atoms with Crippen LogP contribution in [-0.2, 0) is 4.79 Å². The Bertz CT molecular complexity index is 555. The van der Waals surface area contributed by atoms with Gasteiger partial charge in [0.1, 0.15) is 0 Å². The van der Waals surface area contributed by atoms with Crippen molar-refractivity contribution < 1.29 is 4.79 Å². The van der Waals surface area contributed by atoms with Gasteiger partial charge in [-0.2, -0.15) is 0 Å². The molecule has 0 atom stereocenters. The van der Waals surface area contributed by atoms with Crippen molar-refractivity contribution in [3.05, 3.63) is 12.1 Å². The molecule has 130 valence electrons. The summed E-state index contributed by atoms with van der Waals surface area (Å²) in [6.07, 6.45) is 7.11. The molecule has 6 nitrogen and oxygen atoms in total. The molecule has 0 radical (unpaired) electrons. The summed E-state index contributed by atoms with van der Waals surface area (Å²) in [5.41, 5.74) is 0. The van der Waals surface area contributed by atoms with Gasteiger partial charge in [0, 0.05) is 45.2 Å². The van der Waals surface area contributed by atoms with Crippen LogP contribution in [0.15, 0.2) is 12.1 Å². The van der Waals surface area contributed by atoms with Gasteiger partial charge >= 0.3 is 0 Å². The number of amides is 1. The van der Waals surface area contributed by atoms with E-state index in [1.165, 1.54) is 25.7 Å². The van der Waals surface area contributed by atoms with Gasteiger partial charge in [0.15, 0.2) is 11.6 Å². The number of piperazine rings is 1. The number of anilines is 2. The lowest BCUT2D eigenvalue weighted by molar-refractivity contribution is -0.135. The van der Waals surface area contributed by atoms with Crippen molar-refractivity contribution >= 4 is 17.5 Å². The summed E-state index contributed by atoms with van der Waals surface area (Å²) >= 11 is 0. The fourth-order valence-electron chi connectivity index (χ4n) is 4.19. The van der Waals surface area contributed by atoms with Crippen LogP contribution < -0.4 is 9.80 Å². The molecule has 2 aliphatic heterocycles. The van der Waals surface area contributed by atoms with Gasteiger partial charge in [-0.3, -0.25) is 4.79 Å². The zero-order valence-electron chi connectivity index (χ0n) is 14.4. The maximum atomic E-state index is 12.5. The Morgan fingerprint density at radius 3 is 1.88 bits per heavy atom. The van der Waals surface area contributed by atoms with E-state index in [2.05, 4.69) is 37.0 Å². The van der Waals surface area contributed by atoms with Crippen molar-refractivity contribution in [2.24, 2.45) is 5.92 Å². The first-order valence-corrected chi connectivity index (χ1v) is 9.44. The summed E-state index contributed by atoms with van der Waals surface area (Å²) in [5, 5.41) is 8.83. The number of nitrogens with zero attached hydrogens (tertiary/aromatic N) is 5. The minimum atomic E-state index is 0.288. The predicted molar refractivity (Wildman–Crippen MR) is 94.2 cm³/mol. The lowest BCUT2D eigenvalue weighted by atomic mass is 10.1. The molecule has 24 heavy (non-hydrogen) atoms. The van der Waals surface area contributed by atoms with Crippen molar-refractivity contribution in [2.45, 2.75) is 38.5 Å². The maximum Gasteiger partial charge on any atom is 0.225 e. The topological polar surface area (TPSA) is 52.6 Å². The first-order chi connectivity index (χ1) is 11.8. The lowest BCUT2D eigenvalue weighted by Gasteiger charge is -2.36. The van der Waals surface area contributed by atoms with Crippen LogP contribution in [0.5, 0.6) is 0 Å². The normalized spacial score (nSPS) is 22.4. The molecule has 1 aliphatic carbocycles. The molecule has 1 saturated carbocycles. The van der Waals surface area contributed by atoms with Gasteiger partial charge in [0.2, 0.25) is 5.91 Å². The molecule has 0 bridgehead atoms. The molecule has 4 rings (SSSR count). The molecule has 1 amide bonds. The first kappa shape index (κ1) is 15.7. The van der Waals surface area contributed by atoms with E-state index < -0.39 is 0 Å². The average molecular weight is 329 g/mol. The van der Waals surface area contributed by atoms with Crippen molar-refractivity contribution in [3.63, 3.8) is 0 Å². The van der Waals surface area contributed by atoms with Gasteiger partial charge in [-0.25, -0.2) is 0 Å². The average Bonchev–Trinajstić information content (AvgIpc) is 3.35. The summed E-state index contributed by atoms with van der Waals surface area (Å²) in [6, 6.07) is 4.17. The molecule has 3 aliphatic rings. The number of aromatic nitrogens is 2. The molecule has 1 aromatic rings. The van der Waals surface area contributed by atoms with Crippen molar-refractivity contribution in [2.75, 3.05) is 49.1 Å². The number of carbonyl (C=O) groups is 1. The third-order valence-electron chi connectivity index (χ3n) is 5.69. The fourth-order valence-corrected chi connectivity index (χ4v) is 4.19. The van der Waals surface area contributed by atoms with Gasteiger partial charge in [0.25, 0.3) is 0 Å². The largest absolute Gasteiger partial charge is 0.355 e. The molecule has 3 fully saturated rings. The molecule has 1 aromatic heterocycles. The Balaban J connectivity index is 1.32. The van der Waals surface area contributed by atoms with Gasteiger partial charge in [-0.05, 0) is 37.8 Å². The van der Waals surface area contributed by atoms with Gasteiger partial charge < -0.3 is 14.7 Å². The highest BCUT2D eigenvalue weighted by molar-refractivity contribution is 5.79. The Morgan fingerprint density at radius 2 is 1.33 bits per heavy atom. The van der Waals surface area contributed by atoms with Crippen molar-refractivity contribution in [3.8, 4) is 0 Å². The Hall–Kier alpha value is -1.85. The van der Waals surface area contributed by atoms with Crippen LogP contribution >= 0.6 is 0 Å². The summed E-state index contributed by atoms with van der Waals surface area (Å²) in [5.74, 6) is 2.59. The van der Waals surface area contributed by atoms with E-state index in [-0.39, 0.29) is 5.92 Å². The second-order valence-corrected chi connectivity index (χ2v) is 7.24. The van der Waals surface area contributed by atoms with E-state index in [1.54, 1.807) is 0 Å². The second-order valence-electron chi connectivity index (χ2n) is 7.24. The van der Waals surface area contributed by atoms with Crippen LogP contribution in [0.25, 0.3) is 0 Å². The fraction of sp³-hybridized carbons (Fsp3) is 0.722. The standard InChI is InChI=1S/C18H27N5O/c24-18(15-5-1-2-6-15)23-13-11-22(12-14-23)17-8-7-16(19-20-17)21-9-3-4-10-21/h7-8,15H,1-6,9-14H2. The van der Waals surface area contributed by atoms with Crippen LogP contribution in [0, 0.1) is 5.92 Å². The third-order valence-corrected chi connectivity index (χ3v) is 5.69. The highest BCUT2D eigenvalue weighted by Crippen LogP contribution is 2.27. The van der Waals surface area contributed by atoms with Crippen molar-refractivity contribution in [1.29, 1.82) is 0 Å². The number of hydrogen-bond acceptors (Lipinski definition) is 5. The van der Waals surface area contributed by atoms with E-state index in [4.69, 9.17) is 0 Å². The third kappa shape index (κ3) is 3.19. The summed E-state index contributed by atoms with van der Waals surface area (Å²) in [7, 11) is 0. The van der Waals surface area contributed by atoms with E-state index in [0.717, 1.165) is 63.7 Å². The number of rotatable bonds is 3. The van der Waals surface area contributed by atoms with E-state index in [1.807, 2.05) is 0 Å². The molecule has 6 heteroatoms. The zero-order chi connectivity index (χ0) is 16.4. The minimum absolute atomic E-state index is 0.288. The highest BCUT2D eigenvalue weighted by Gasteiger charge is 2.29. The Morgan fingerprint density at radius 1 is 0.792 bits per heavy atom. The predicted octanol–water partition coefficient (Wildman–Crippen LogP) is 1.92. The molecule has 0 spiro atoms. The molecule has 0 aromatic carbocycles. The van der Waals surface area contributed by atoms with Crippen LogP contribution in [0.3, 0.4) is 0 Å². The summed E-state index contributed by atoms with van der Waals surface area (Å²) in [6.45, 7) is 5.52. The smallest absolute Gasteiger partial charge is 0.225 e. The molecule has 0 unspecified atom stereocenters. The molecular formula is C18H27N5O. The van der Waals surface area contributed by atoms with Gasteiger partial charge in [-0.15, -0.1) is 10.2 Å². The van der Waals surface area contributed by atoms with E-state index in [0.29, 0.717) is 5.91 Å². The maximum absolute atomic E-state index is 12.5. The van der Waals surface area contributed by atoms with Crippen LogP contribution in [-0.4, -0.2) is 60.3 Å². The second kappa shape index (κ2) is 6.95. The lowest BCUT2D eigenvalue weighted by Crippen LogP contribution is -2.50. The van der Waals surface area contributed by atoms with Crippen molar-refractivity contribution in [1.82, 2.24) is 15.1 Å². The monoisotopic (exact) mass is 329 g/mol. The number of hydrogen-bond donors (Lipinski definition) is 0. The summed E-state index contributed by atoms with van der Waals surface area (Å²) in [4.78, 5) is 19.1. The van der Waals surface area contributed by atoms with Crippen LogP contribution in [0.2, 0.25) is 0 Å². The Labute approximate surface area is 143 Å². The van der Waals surface area contributed by atoms with E-state index >= 15 is 0 Å². The Kier molecular flexibility index (Phi) is 4.54. The zero-order valence-corrected chi connectivity index (χ0v) is 14.4. The van der Waals surface area contributed by atoms with E-state index in [9.17, 15) is 4.79 Å². The molecule has 3 heterocycles. The summed E-state index contributed by atoms with van der Waals surface area (Å²) < 4.78 is 0. The molecule has 0 N–H and O–H groups in total. The van der Waals surface area contributed by atoms with Crippen LogP contribution in [0.1, 0.15) is 38.5 Å². The minimum Gasteiger partial charge on any atom is -0.355 e. The quantitative estimate of drug-likeness (QED) is 0.848. The van der Waals surface area contributed by atoms with Gasteiger partial charge in [-0.1, -0.05) is 12.8 Å². The van der Waals surface area contributed by atoms with Gasteiger partial charge in [0.05, 0.1) is 0 Å².